The molecule has 1 saturated heterocycles. The average Bonchev–Trinajstić information content (AvgIpc) is 2.95. The summed E-state index contributed by atoms with van der Waals surface area (Å²) in [5, 5.41) is 7.67. The van der Waals surface area contributed by atoms with E-state index in [1.807, 2.05) is 0 Å². The number of nitrogens with zero attached hydrogens (tertiary/aromatic N) is 2. The molecule has 18 heavy (non-hydrogen) atoms. The fourth-order valence-corrected chi connectivity index (χ4v) is 3.05. The Morgan fingerprint density at radius 2 is 1.94 bits per heavy atom. The molecule has 4 nitrogen and oxygen atoms in total. The first-order valence-corrected chi connectivity index (χ1v) is 7.24. The van der Waals surface area contributed by atoms with Crippen molar-refractivity contribution in [2.24, 2.45) is 0 Å². The van der Waals surface area contributed by atoms with Crippen LogP contribution in [0.15, 0.2) is 4.52 Å². The van der Waals surface area contributed by atoms with Crippen LogP contribution in [0.4, 0.5) is 0 Å². The predicted octanol–water partition coefficient (Wildman–Crippen LogP) is 2.54. The number of hydrogen-bond acceptors (Lipinski definition) is 4. The Morgan fingerprint density at radius 3 is 2.56 bits per heavy atom. The van der Waals surface area contributed by atoms with Crippen LogP contribution in [0.3, 0.4) is 0 Å². The van der Waals surface area contributed by atoms with E-state index >= 15 is 0 Å². The van der Waals surface area contributed by atoms with Crippen molar-refractivity contribution < 1.29 is 4.52 Å². The van der Waals surface area contributed by atoms with Gasteiger partial charge in [0.15, 0.2) is 5.82 Å². The molecule has 2 aliphatic rings. The van der Waals surface area contributed by atoms with Gasteiger partial charge in [0.25, 0.3) is 0 Å². The molecule has 1 aromatic heterocycles. The molecule has 0 bridgehead atoms. The van der Waals surface area contributed by atoms with Gasteiger partial charge in [0, 0.05) is 5.41 Å². The molecule has 4 heteroatoms. The largest absolute Gasteiger partial charge is 0.339 e. The van der Waals surface area contributed by atoms with Gasteiger partial charge >= 0.3 is 0 Å². The lowest BCUT2D eigenvalue weighted by atomic mass is 9.75. The average molecular weight is 249 g/mol. The first kappa shape index (κ1) is 12.2. The monoisotopic (exact) mass is 249 g/mol. The second-order valence-electron chi connectivity index (χ2n) is 6.26. The highest BCUT2D eigenvalue weighted by Crippen LogP contribution is 2.47. The van der Waals surface area contributed by atoms with Gasteiger partial charge in [0.1, 0.15) is 0 Å². The molecule has 2 heterocycles. The standard InChI is InChI=1S/C14H23N3O/c1-3-4-14(7-9-15-10-8-14)12-16-11(17-18-12)13(2)5-6-13/h15H,3-10H2,1-2H3. The molecule has 0 spiro atoms. The first-order valence-electron chi connectivity index (χ1n) is 7.24. The third kappa shape index (κ3) is 1.96. The van der Waals surface area contributed by atoms with Crippen molar-refractivity contribution in [3.05, 3.63) is 11.7 Å². The molecule has 0 radical (unpaired) electrons. The van der Waals surface area contributed by atoms with Gasteiger partial charge in [-0.1, -0.05) is 25.4 Å². The van der Waals surface area contributed by atoms with Crippen LogP contribution in [0.25, 0.3) is 0 Å². The van der Waals surface area contributed by atoms with Crippen LogP contribution >= 0.6 is 0 Å². The second-order valence-corrected chi connectivity index (χ2v) is 6.26. The van der Waals surface area contributed by atoms with Gasteiger partial charge in [0.2, 0.25) is 5.89 Å². The van der Waals surface area contributed by atoms with Crippen molar-refractivity contribution in [1.29, 1.82) is 0 Å². The molecule has 1 aliphatic heterocycles. The van der Waals surface area contributed by atoms with Crippen LogP contribution in [0.1, 0.15) is 64.1 Å². The zero-order valence-electron chi connectivity index (χ0n) is 11.5. The SMILES string of the molecule is CCCC1(c2nc(C3(C)CC3)no2)CCNCC1. The fraction of sp³-hybridized carbons (Fsp3) is 0.857. The van der Waals surface area contributed by atoms with Gasteiger partial charge < -0.3 is 9.84 Å². The molecule has 1 saturated carbocycles. The van der Waals surface area contributed by atoms with Gasteiger partial charge in [-0.05, 0) is 45.2 Å². The van der Waals surface area contributed by atoms with Gasteiger partial charge in [-0.3, -0.25) is 0 Å². The Morgan fingerprint density at radius 1 is 1.22 bits per heavy atom. The number of rotatable bonds is 4. The molecule has 0 atom stereocenters. The summed E-state index contributed by atoms with van der Waals surface area (Å²) >= 11 is 0. The van der Waals surface area contributed by atoms with Gasteiger partial charge in [-0.2, -0.15) is 4.98 Å². The number of nitrogens with one attached hydrogen (secondary N) is 1. The normalized spacial score (nSPS) is 25.0. The molecule has 3 rings (SSSR count). The maximum absolute atomic E-state index is 5.64. The summed E-state index contributed by atoms with van der Waals surface area (Å²) in [6.45, 7) is 6.60. The molecule has 1 N–H and O–H groups in total. The van der Waals surface area contributed by atoms with Crippen LogP contribution < -0.4 is 5.32 Å². The lowest BCUT2D eigenvalue weighted by Crippen LogP contribution is -2.40. The fourth-order valence-electron chi connectivity index (χ4n) is 3.05. The Bertz CT molecular complexity index is 411. The van der Waals surface area contributed by atoms with E-state index < -0.39 is 0 Å². The van der Waals surface area contributed by atoms with Crippen LogP contribution in [-0.2, 0) is 10.8 Å². The van der Waals surface area contributed by atoms with E-state index in [0.717, 1.165) is 44.1 Å². The van der Waals surface area contributed by atoms with E-state index in [2.05, 4.69) is 24.3 Å². The van der Waals surface area contributed by atoms with E-state index in [0.29, 0.717) is 0 Å². The quantitative estimate of drug-likeness (QED) is 0.891. The highest BCUT2D eigenvalue weighted by atomic mass is 16.5. The summed E-state index contributed by atoms with van der Waals surface area (Å²) < 4.78 is 5.64. The van der Waals surface area contributed by atoms with E-state index in [-0.39, 0.29) is 10.8 Å². The van der Waals surface area contributed by atoms with Crippen molar-refractivity contribution in [3.63, 3.8) is 0 Å². The number of hydrogen-bond donors (Lipinski definition) is 1. The van der Waals surface area contributed by atoms with Gasteiger partial charge in [0.05, 0.1) is 5.41 Å². The predicted molar refractivity (Wildman–Crippen MR) is 69.6 cm³/mol. The maximum atomic E-state index is 5.64. The van der Waals surface area contributed by atoms with Crippen molar-refractivity contribution in [2.45, 2.75) is 63.2 Å². The minimum Gasteiger partial charge on any atom is -0.339 e. The zero-order chi connectivity index (χ0) is 12.6. The molecule has 0 amide bonds. The summed E-state index contributed by atoms with van der Waals surface area (Å²) in [6.07, 6.45) is 6.99. The molecule has 2 fully saturated rings. The third-order valence-corrected chi connectivity index (χ3v) is 4.71. The van der Waals surface area contributed by atoms with E-state index in [4.69, 9.17) is 9.51 Å². The van der Waals surface area contributed by atoms with Crippen LogP contribution in [0.5, 0.6) is 0 Å². The van der Waals surface area contributed by atoms with Crippen LogP contribution in [-0.4, -0.2) is 23.2 Å². The van der Waals surface area contributed by atoms with Crippen molar-refractivity contribution >= 4 is 0 Å². The number of piperidine rings is 1. The van der Waals surface area contributed by atoms with E-state index in [9.17, 15) is 0 Å². The Kier molecular flexibility index (Phi) is 2.93. The smallest absolute Gasteiger partial charge is 0.232 e. The van der Waals surface area contributed by atoms with E-state index in [1.165, 1.54) is 19.3 Å². The van der Waals surface area contributed by atoms with Gasteiger partial charge in [-0.25, -0.2) is 0 Å². The number of aromatic nitrogens is 2. The molecule has 0 aromatic carbocycles. The molecule has 1 aromatic rings. The maximum Gasteiger partial charge on any atom is 0.232 e. The third-order valence-electron chi connectivity index (χ3n) is 4.71. The highest BCUT2D eigenvalue weighted by Gasteiger charge is 2.46. The molecular formula is C14H23N3O. The Labute approximate surface area is 109 Å². The Balaban J connectivity index is 1.87. The topological polar surface area (TPSA) is 51.0 Å². The molecular weight excluding hydrogens is 226 g/mol. The van der Waals surface area contributed by atoms with Crippen LogP contribution in [0.2, 0.25) is 0 Å². The summed E-state index contributed by atoms with van der Waals surface area (Å²) in [5.41, 5.74) is 0.346. The summed E-state index contributed by atoms with van der Waals surface area (Å²) in [5.74, 6) is 1.83. The zero-order valence-corrected chi connectivity index (χ0v) is 11.5. The van der Waals surface area contributed by atoms with Crippen molar-refractivity contribution in [3.8, 4) is 0 Å². The van der Waals surface area contributed by atoms with Crippen molar-refractivity contribution in [2.75, 3.05) is 13.1 Å². The van der Waals surface area contributed by atoms with Crippen LogP contribution in [0, 0.1) is 0 Å². The van der Waals surface area contributed by atoms with Gasteiger partial charge in [-0.15, -0.1) is 0 Å². The second kappa shape index (κ2) is 4.34. The van der Waals surface area contributed by atoms with Crippen molar-refractivity contribution in [1.82, 2.24) is 15.5 Å². The molecule has 100 valence electrons. The summed E-state index contributed by atoms with van der Waals surface area (Å²) in [4.78, 5) is 4.75. The first-order chi connectivity index (χ1) is 8.69. The lowest BCUT2D eigenvalue weighted by molar-refractivity contribution is 0.208. The molecule has 1 aliphatic carbocycles. The highest BCUT2D eigenvalue weighted by molar-refractivity contribution is 5.17. The Hall–Kier alpha value is -0.900. The minimum atomic E-state index is 0.135. The van der Waals surface area contributed by atoms with E-state index in [1.54, 1.807) is 0 Å². The molecule has 0 unspecified atom stereocenters. The summed E-state index contributed by atoms with van der Waals surface area (Å²) in [7, 11) is 0. The minimum absolute atomic E-state index is 0.135. The summed E-state index contributed by atoms with van der Waals surface area (Å²) in [6, 6.07) is 0. The lowest BCUT2D eigenvalue weighted by Gasteiger charge is -2.34.